The number of Topliss-reactive ketones (excluding diaryl/α,β-unsaturated/α-hetero) is 1. The van der Waals surface area contributed by atoms with E-state index >= 15 is 0 Å². The van der Waals surface area contributed by atoms with Crippen molar-refractivity contribution in [1.29, 1.82) is 0 Å². The lowest BCUT2D eigenvalue weighted by Gasteiger charge is -2.13. The molecule has 6 heteroatoms. The maximum atomic E-state index is 11.5. The Kier molecular flexibility index (Phi) is 3.69. The fraction of sp³-hybridized carbons (Fsp3) is 0.417. The molecular formula is C12H15NO5. The molecule has 0 amide bonds. The zero-order valence-corrected chi connectivity index (χ0v) is 9.97. The van der Waals surface area contributed by atoms with Crippen LogP contribution in [0.4, 0.5) is 5.69 Å². The van der Waals surface area contributed by atoms with Crippen LogP contribution in [-0.2, 0) is 0 Å². The van der Waals surface area contributed by atoms with Crippen LogP contribution in [0.1, 0.15) is 17.3 Å². The highest BCUT2D eigenvalue weighted by Crippen LogP contribution is 2.37. The highest BCUT2D eigenvalue weighted by Gasteiger charge is 2.19. The monoisotopic (exact) mass is 253 g/mol. The second-order valence-electron chi connectivity index (χ2n) is 4.02. The highest BCUT2D eigenvalue weighted by molar-refractivity contribution is 6.00. The SMILES string of the molecule is CC(=O)c1cc2c(cc1NCC(O)CO)OCO2. The summed E-state index contributed by atoms with van der Waals surface area (Å²) in [7, 11) is 0. The standard InChI is InChI=1S/C12H15NO5/c1-7(15)9-2-11-12(18-6-17-11)3-10(9)13-4-8(16)5-14/h2-3,8,13-14,16H,4-6H2,1H3. The van der Waals surface area contributed by atoms with Crippen molar-refractivity contribution in [3.05, 3.63) is 17.7 Å². The van der Waals surface area contributed by atoms with Crippen molar-refractivity contribution in [3.63, 3.8) is 0 Å². The lowest BCUT2D eigenvalue weighted by molar-refractivity contribution is 0.101. The number of ketones is 1. The molecule has 0 bridgehead atoms. The van der Waals surface area contributed by atoms with Gasteiger partial charge in [0.2, 0.25) is 6.79 Å². The third kappa shape index (κ3) is 2.55. The molecule has 1 aliphatic heterocycles. The quantitative estimate of drug-likeness (QED) is 0.658. The van der Waals surface area contributed by atoms with Crippen LogP contribution in [0.15, 0.2) is 12.1 Å². The number of anilines is 1. The molecule has 1 atom stereocenters. The fourth-order valence-corrected chi connectivity index (χ4v) is 1.67. The van der Waals surface area contributed by atoms with Gasteiger partial charge in [0.05, 0.1) is 12.7 Å². The van der Waals surface area contributed by atoms with E-state index in [1.165, 1.54) is 6.92 Å². The van der Waals surface area contributed by atoms with E-state index in [0.29, 0.717) is 22.7 Å². The Bertz CT molecular complexity index is 460. The van der Waals surface area contributed by atoms with Crippen LogP contribution >= 0.6 is 0 Å². The summed E-state index contributed by atoms with van der Waals surface area (Å²) < 4.78 is 10.4. The number of aliphatic hydroxyl groups is 2. The predicted molar refractivity (Wildman–Crippen MR) is 64.2 cm³/mol. The zero-order valence-electron chi connectivity index (χ0n) is 9.97. The second-order valence-corrected chi connectivity index (χ2v) is 4.02. The number of benzene rings is 1. The lowest BCUT2D eigenvalue weighted by atomic mass is 10.1. The molecule has 0 saturated carbocycles. The maximum absolute atomic E-state index is 11.5. The summed E-state index contributed by atoms with van der Waals surface area (Å²) in [5.41, 5.74) is 1.02. The van der Waals surface area contributed by atoms with Crippen LogP contribution in [0.25, 0.3) is 0 Å². The van der Waals surface area contributed by atoms with Gasteiger partial charge in [-0.05, 0) is 13.0 Å². The Morgan fingerprint density at radius 1 is 1.44 bits per heavy atom. The van der Waals surface area contributed by atoms with Gasteiger partial charge in [0.15, 0.2) is 17.3 Å². The molecular weight excluding hydrogens is 238 g/mol. The van der Waals surface area contributed by atoms with E-state index in [-0.39, 0.29) is 25.7 Å². The summed E-state index contributed by atoms with van der Waals surface area (Å²) in [5.74, 6) is 0.976. The van der Waals surface area contributed by atoms with Crippen molar-refractivity contribution in [3.8, 4) is 11.5 Å². The number of hydrogen-bond acceptors (Lipinski definition) is 6. The molecule has 0 aliphatic carbocycles. The molecule has 0 radical (unpaired) electrons. The van der Waals surface area contributed by atoms with Gasteiger partial charge in [0.25, 0.3) is 0 Å². The minimum atomic E-state index is -0.879. The first kappa shape index (κ1) is 12.7. The Balaban J connectivity index is 2.24. The molecule has 2 rings (SSSR count). The molecule has 3 N–H and O–H groups in total. The number of carbonyl (C=O) groups is 1. The summed E-state index contributed by atoms with van der Waals surface area (Å²) in [5, 5.41) is 20.9. The van der Waals surface area contributed by atoms with E-state index in [4.69, 9.17) is 14.6 Å². The number of ether oxygens (including phenoxy) is 2. The second kappa shape index (κ2) is 5.24. The number of nitrogens with one attached hydrogen (secondary N) is 1. The minimum Gasteiger partial charge on any atom is -0.454 e. The summed E-state index contributed by atoms with van der Waals surface area (Å²) in [6.07, 6.45) is -0.879. The number of carbonyl (C=O) groups excluding carboxylic acids is 1. The number of aliphatic hydroxyl groups excluding tert-OH is 2. The normalized spacial score (nSPS) is 14.4. The molecule has 6 nitrogen and oxygen atoms in total. The van der Waals surface area contributed by atoms with Crippen molar-refractivity contribution in [2.75, 3.05) is 25.3 Å². The molecule has 18 heavy (non-hydrogen) atoms. The van der Waals surface area contributed by atoms with Crippen molar-refractivity contribution in [1.82, 2.24) is 0 Å². The minimum absolute atomic E-state index is 0.116. The molecule has 0 spiro atoms. The Hall–Kier alpha value is -1.79. The molecule has 1 heterocycles. The van der Waals surface area contributed by atoms with Crippen LogP contribution in [0.3, 0.4) is 0 Å². The van der Waals surface area contributed by atoms with Crippen LogP contribution < -0.4 is 14.8 Å². The first-order chi connectivity index (χ1) is 8.61. The third-order valence-electron chi connectivity index (χ3n) is 2.63. The van der Waals surface area contributed by atoms with Crippen LogP contribution in [0.2, 0.25) is 0 Å². The van der Waals surface area contributed by atoms with Gasteiger partial charge in [-0.2, -0.15) is 0 Å². The molecule has 0 aromatic heterocycles. The molecule has 1 unspecified atom stereocenters. The zero-order chi connectivity index (χ0) is 13.1. The smallest absolute Gasteiger partial charge is 0.231 e. The van der Waals surface area contributed by atoms with Gasteiger partial charge in [-0.25, -0.2) is 0 Å². The van der Waals surface area contributed by atoms with Crippen molar-refractivity contribution in [2.45, 2.75) is 13.0 Å². The largest absolute Gasteiger partial charge is 0.454 e. The average molecular weight is 253 g/mol. The van der Waals surface area contributed by atoms with Crippen LogP contribution in [0, 0.1) is 0 Å². The van der Waals surface area contributed by atoms with Gasteiger partial charge < -0.3 is 25.0 Å². The van der Waals surface area contributed by atoms with Gasteiger partial charge >= 0.3 is 0 Å². The summed E-state index contributed by atoms with van der Waals surface area (Å²) >= 11 is 0. The van der Waals surface area contributed by atoms with Crippen LogP contribution in [0.5, 0.6) is 11.5 Å². The van der Waals surface area contributed by atoms with Crippen molar-refractivity contribution in [2.24, 2.45) is 0 Å². The fourth-order valence-electron chi connectivity index (χ4n) is 1.67. The Labute approximate surface area is 104 Å². The van der Waals surface area contributed by atoms with E-state index in [1.807, 2.05) is 0 Å². The summed E-state index contributed by atoms with van der Waals surface area (Å²) in [4.78, 5) is 11.5. The number of fused-ring (bicyclic) bond motifs is 1. The average Bonchev–Trinajstić information content (AvgIpc) is 2.81. The van der Waals surface area contributed by atoms with Gasteiger partial charge in [-0.1, -0.05) is 0 Å². The summed E-state index contributed by atoms with van der Waals surface area (Å²) in [6, 6.07) is 3.27. The molecule has 0 fully saturated rings. The lowest BCUT2D eigenvalue weighted by Crippen LogP contribution is -2.23. The third-order valence-corrected chi connectivity index (χ3v) is 2.63. The first-order valence-corrected chi connectivity index (χ1v) is 5.59. The molecule has 1 aromatic carbocycles. The number of hydrogen-bond donors (Lipinski definition) is 3. The Morgan fingerprint density at radius 3 is 2.72 bits per heavy atom. The van der Waals surface area contributed by atoms with E-state index < -0.39 is 6.10 Å². The molecule has 1 aliphatic rings. The molecule has 0 saturated heterocycles. The van der Waals surface area contributed by atoms with Crippen LogP contribution in [-0.4, -0.2) is 42.0 Å². The van der Waals surface area contributed by atoms with Crippen molar-refractivity contribution < 1.29 is 24.5 Å². The van der Waals surface area contributed by atoms with Gasteiger partial charge in [-0.15, -0.1) is 0 Å². The van der Waals surface area contributed by atoms with Crippen molar-refractivity contribution >= 4 is 11.5 Å². The first-order valence-electron chi connectivity index (χ1n) is 5.59. The molecule has 98 valence electrons. The summed E-state index contributed by atoms with van der Waals surface area (Å²) in [6.45, 7) is 1.39. The van der Waals surface area contributed by atoms with E-state index in [2.05, 4.69) is 5.32 Å². The highest BCUT2D eigenvalue weighted by atomic mass is 16.7. The van der Waals surface area contributed by atoms with E-state index in [0.717, 1.165) is 0 Å². The number of rotatable bonds is 5. The van der Waals surface area contributed by atoms with Gasteiger partial charge in [0.1, 0.15) is 0 Å². The molecule has 1 aromatic rings. The van der Waals surface area contributed by atoms with E-state index in [1.54, 1.807) is 12.1 Å². The predicted octanol–water partition coefficient (Wildman–Crippen LogP) is 0.383. The topological polar surface area (TPSA) is 88.0 Å². The maximum Gasteiger partial charge on any atom is 0.231 e. The van der Waals surface area contributed by atoms with Gasteiger partial charge in [0, 0.05) is 23.9 Å². The Morgan fingerprint density at radius 2 is 2.11 bits per heavy atom. The van der Waals surface area contributed by atoms with Gasteiger partial charge in [-0.3, -0.25) is 4.79 Å². The van der Waals surface area contributed by atoms with E-state index in [9.17, 15) is 9.90 Å².